The Bertz CT molecular complexity index is 1310. The number of rotatable bonds is 5. The number of furan rings is 1. The molecule has 2 aromatic carbocycles. The van der Waals surface area contributed by atoms with Gasteiger partial charge in [0.05, 0.1) is 24.9 Å². The van der Waals surface area contributed by atoms with Crippen molar-refractivity contribution in [2.45, 2.75) is 20.4 Å². The number of aryl methyl sites for hydroxylation is 2. The van der Waals surface area contributed by atoms with Crippen LogP contribution in [0.4, 0.5) is 16.0 Å². The number of nitrogens with one attached hydrogen (secondary N) is 1. The number of aromatic nitrogens is 2. The molecule has 0 aliphatic heterocycles. The summed E-state index contributed by atoms with van der Waals surface area (Å²) in [6, 6.07) is 10.2. The smallest absolute Gasteiger partial charge is 0.316 e. The first-order valence-electron chi connectivity index (χ1n) is 9.22. The van der Waals surface area contributed by atoms with Gasteiger partial charge >= 0.3 is 5.56 Å². The molecule has 0 aliphatic carbocycles. The van der Waals surface area contributed by atoms with Crippen LogP contribution in [-0.4, -0.2) is 16.7 Å². The van der Waals surface area contributed by atoms with Crippen LogP contribution in [0.1, 0.15) is 16.9 Å². The second-order valence-corrected chi connectivity index (χ2v) is 7.35. The van der Waals surface area contributed by atoms with Crippen LogP contribution in [0, 0.1) is 19.7 Å². The van der Waals surface area contributed by atoms with E-state index >= 15 is 0 Å². The zero-order valence-corrected chi connectivity index (χ0v) is 17.4. The number of benzene rings is 2. The van der Waals surface area contributed by atoms with Gasteiger partial charge in [-0.1, -0.05) is 17.7 Å². The first-order chi connectivity index (χ1) is 14.4. The lowest BCUT2D eigenvalue weighted by atomic mass is 10.1. The van der Waals surface area contributed by atoms with E-state index in [0.717, 1.165) is 33.5 Å². The third kappa shape index (κ3) is 3.76. The molecular formula is C22H19ClFN3O3. The zero-order chi connectivity index (χ0) is 21.4. The molecule has 1 N–H and O–H groups in total. The number of hydrogen-bond donors (Lipinski definition) is 1. The van der Waals surface area contributed by atoms with Crippen LogP contribution in [0.3, 0.4) is 0 Å². The van der Waals surface area contributed by atoms with Gasteiger partial charge in [-0.15, -0.1) is 0 Å². The molecule has 2 aromatic heterocycles. The first-order valence-corrected chi connectivity index (χ1v) is 9.59. The lowest BCUT2D eigenvalue weighted by molar-refractivity contribution is 0.402. The minimum atomic E-state index is -0.494. The van der Waals surface area contributed by atoms with Crippen molar-refractivity contribution >= 4 is 34.2 Å². The molecule has 0 saturated heterocycles. The lowest BCUT2D eigenvalue weighted by Crippen LogP contribution is -2.19. The molecule has 0 spiro atoms. The Kier molecular flexibility index (Phi) is 5.22. The molecule has 8 heteroatoms. The Morgan fingerprint density at radius 2 is 2.03 bits per heavy atom. The van der Waals surface area contributed by atoms with E-state index in [0.29, 0.717) is 12.5 Å². The van der Waals surface area contributed by atoms with Gasteiger partial charge in [0.15, 0.2) is 0 Å². The Morgan fingerprint density at radius 1 is 1.23 bits per heavy atom. The van der Waals surface area contributed by atoms with Crippen LogP contribution >= 0.6 is 11.6 Å². The number of nitrogens with zero attached hydrogens (tertiary/aromatic N) is 2. The van der Waals surface area contributed by atoms with Crippen molar-refractivity contribution in [3.8, 4) is 5.75 Å². The van der Waals surface area contributed by atoms with E-state index in [1.807, 2.05) is 32.0 Å². The average Bonchev–Trinajstić information content (AvgIpc) is 3.10. The molecule has 0 fully saturated rings. The van der Waals surface area contributed by atoms with E-state index in [4.69, 9.17) is 20.8 Å². The maximum Gasteiger partial charge on any atom is 0.316 e. The van der Waals surface area contributed by atoms with Crippen molar-refractivity contribution < 1.29 is 13.5 Å². The van der Waals surface area contributed by atoms with E-state index in [-0.39, 0.29) is 10.8 Å². The molecule has 2 heterocycles. The largest absolute Gasteiger partial charge is 0.490 e. The van der Waals surface area contributed by atoms with Crippen LogP contribution in [0.5, 0.6) is 5.75 Å². The summed E-state index contributed by atoms with van der Waals surface area (Å²) in [5.74, 6) is 0.752. The quantitative estimate of drug-likeness (QED) is 0.474. The highest BCUT2D eigenvalue weighted by atomic mass is 35.5. The summed E-state index contributed by atoms with van der Waals surface area (Å²) in [5.41, 5.74) is 2.79. The van der Waals surface area contributed by atoms with Gasteiger partial charge in [0.1, 0.15) is 17.2 Å². The molecule has 154 valence electrons. The summed E-state index contributed by atoms with van der Waals surface area (Å²) >= 11 is 5.91. The van der Waals surface area contributed by atoms with E-state index in [1.165, 1.54) is 19.2 Å². The van der Waals surface area contributed by atoms with E-state index in [9.17, 15) is 9.18 Å². The van der Waals surface area contributed by atoms with Crippen molar-refractivity contribution in [2.75, 3.05) is 12.4 Å². The summed E-state index contributed by atoms with van der Waals surface area (Å²) in [7, 11) is 1.41. The minimum Gasteiger partial charge on any atom is -0.490 e. The lowest BCUT2D eigenvalue weighted by Gasteiger charge is -2.16. The molecular weight excluding hydrogens is 409 g/mol. The van der Waals surface area contributed by atoms with Gasteiger partial charge in [-0.25, -0.2) is 4.39 Å². The maximum absolute atomic E-state index is 13.5. The molecule has 0 saturated carbocycles. The molecule has 0 amide bonds. The molecule has 4 rings (SSSR count). The summed E-state index contributed by atoms with van der Waals surface area (Å²) in [6.07, 6.45) is 1.56. The normalized spacial score (nSPS) is 11.1. The fourth-order valence-electron chi connectivity index (χ4n) is 3.30. The zero-order valence-electron chi connectivity index (χ0n) is 16.6. The third-order valence-corrected chi connectivity index (χ3v) is 5.15. The Hall–Kier alpha value is -3.32. The maximum atomic E-state index is 13.5. The average molecular weight is 428 g/mol. The van der Waals surface area contributed by atoms with Crippen molar-refractivity contribution in [1.82, 2.24) is 9.55 Å². The molecule has 6 nitrogen and oxygen atoms in total. The summed E-state index contributed by atoms with van der Waals surface area (Å²) in [4.78, 5) is 16.4. The highest BCUT2D eigenvalue weighted by molar-refractivity contribution is 6.30. The monoisotopic (exact) mass is 427 g/mol. The van der Waals surface area contributed by atoms with Crippen molar-refractivity contribution in [3.05, 3.63) is 80.7 Å². The van der Waals surface area contributed by atoms with Crippen LogP contribution in [0.15, 0.2) is 51.8 Å². The van der Waals surface area contributed by atoms with Crippen LogP contribution in [0.2, 0.25) is 5.02 Å². The SMILES string of the molecule is COc1cn(Cc2ccc(F)c(Cl)c2)c(Nc2ccc3oc(C)cc3c2C)nc1=O. The number of methoxy groups -OCH3 is 1. The summed E-state index contributed by atoms with van der Waals surface area (Å²) in [5, 5.41) is 4.23. The van der Waals surface area contributed by atoms with Crippen LogP contribution in [-0.2, 0) is 6.54 Å². The Morgan fingerprint density at radius 3 is 2.77 bits per heavy atom. The molecule has 0 atom stereocenters. The predicted octanol–water partition coefficient (Wildman–Crippen LogP) is 5.20. The highest BCUT2D eigenvalue weighted by Crippen LogP contribution is 2.30. The molecule has 0 bridgehead atoms. The Labute approximate surface area is 176 Å². The number of halogens is 2. The van der Waals surface area contributed by atoms with E-state index in [2.05, 4.69) is 10.3 Å². The van der Waals surface area contributed by atoms with Gasteiger partial charge in [0.25, 0.3) is 0 Å². The van der Waals surface area contributed by atoms with Gasteiger partial charge in [-0.3, -0.25) is 4.79 Å². The van der Waals surface area contributed by atoms with Crippen LogP contribution < -0.4 is 15.6 Å². The molecule has 30 heavy (non-hydrogen) atoms. The molecule has 0 aliphatic rings. The van der Waals surface area contributed by atoms with Gasteiger partial charge in [0.2, 0.25) is 11.7 Å². The van der Waals surface area contributed by atoms with Gasteiger partial charge < -0.3 is 19.0 Å². The second kappa shape index (κ2) is 7.84. The number of ether oxygens (including phenoxy) is 1. The second-order valence-electron chi connectivity index (χ2n) is 6.95. The topological polar surface area (TPSA) is 69.3 Å². The minimum absolute atomic E-state index is 0.0274. The van der Waals surface area contributed by atoms with E-state index < -0.39 is 11.4 Å². The molecule has 0 radical (unpaired) electrons. The van der Waals surface area contributed by atoms with E-state index in [1.54, 1.807) is 16.8 Å². The van der Waals surface area contributed by atoms with Crippen LogP contribution in [0.25, 0.3) is 11.0 Å². The number of fused-ring (bicyclic) bond motifs is 1. The standard InChI is InChI=1S/C22H19ClFN3O3/c1-12-8-15-13(2)18(6-7-19(15)30-12)25-22-26-21(28)20(29-3)11-27(22)10-14-4-5-17(24)16(23)9-14/h4-9,11H,10H2,1-3H3,(H,25,26,28). The first kappa shape index (κ1) is 20.0. The van der Waals surface area contributed by atoms with Gasteiger partial charge in [-0.05, 0) is 55.3 Å². The fourth-order valence-corrected chi connectivity index (χ4v) is 3.51. The molecule has 4 aromatic rings. The number of hydrogen-bond acceptors (Lipinski definition) is 5. The van der Waals surface area contributed by atoms with Gasteiger partial charge in [-0.2, -0.15) is 4.98 Å². The number of anilines is 2. The summed E-state index contributed by atoms with van der Waals surface area (Å²) in [6.45, 7) is 4.16. The Balaban J connectivity index is 1.77. The third-order valence-electron chi connectivity index (χ3n) is 4.86. The summed E-state index contributed by atoms with van der Waals surface area (Å²) < 4.78 is 26.0. The highest BCUT2D eigenvalue weighted by Gasteiger charge is 2.14. The van der Waals surface area contributed by atoms with Crippen molar-refractivity contribution in [2.24, 2.45) is 0 Å². The van der Waals surface area contributed by atoms with Crippen molar-refractivity contribution in [1.29, 1.82) is 0 Å². The molecule has 0 unspecified atom stereocenters. The van der Waals surface area contributed by atoms with Crippen molar-refractivity contribution in [3.63, 3.8) is 0 Å². The van der Waals surface area contributed by atoms with Gasteiger partial charge in [0, 0.05) is 11.1 Å². The fraction of sp³-hybridized carbons (Fsp3) is 0.182. The predicted molar refractivity (Wildman–Crippen MR) is 115 cm³/mol.